The van der Waals surface area contributed by atoms with E-state index < -0.39 is 0 Å². The van der Waals surface area contributed by atoms with Crippen LogP contribution in [0, 0.1) is 17.2 Å². The highest BCUT2D eigenvalue weighted by Gasteiger charge is 2.48. The summed E-state index contributed by atoms with van der Waals surface area (Å²) < 4.78 is 0. The van der Waals surface area contributed by atoms with E-state index in [-0.39, 0.29) is 5.54 Å². The van der Waals surface area contributed by atoms with Crippen molar-refractivity contribution in [2.24, 2.45) is 5.92 Å². The first-order chi connectivity index (χ1) is 5.65. The zero-order valence-electron chi connectivity index (χ0n) is 7.88. The van der Waals surface area contributed by atoms with E-state index in [1.54, 1.807) is 0 Å². The molecule has 2 unspecified atom stereocenters. The topological polar surface area (TPSA) is 27.0 Å². The van der Waals surface area contributed by atoms with Gasteiger partial charge in [-0.3, -0.25) is 4.90 Å². The SMILES string of the molecule is CC(C)(C#N)N1CC2CCCC21. The van der Waals surface area contributed by atoms with Gasteiger partial charge in [-0.15, -0.1) is 0 Å². The number of nitrogens with zero attached hydrogens (tertiary/aromatic N) is 2. The van der Waals surface area contributed by atoms with Crippen molar-refractivity contribution in [3.05, 3.63) is 0 Å². The maximum absolute atomic E-state index is 8.96. The van der Waals surface area contributed by atoms with E-state index in [1.807, 2.05) is 13.8 Å². The average Bonchev–Trinajstić information content (AvgIpc) is 2.32. The van der Waals surface area contributed by atoms with Crippen LogP contribution in [0.4, 0.5) is 0 Å². The third-order valence-electron chi connectivity index (χ3n) is 3.44. The minimum Gasteiger partial charge on any atom is -0.282 e. The lowest BCUT2D eigenvalue weighted by atomic mass is 9.86. The minimum atomic E-state index is -0.231. The summed E-state index contributed by atoms with van der Waals surface area (Å²) in [6.45, 7) is 5.22. The number of rotatable bonds is 1. The summed E-state index contributed by atoms with van der Waals surface area (Å²) in [5, 5.41) is 8.96. The van der Waals surface area contributed by atoms with Crippen LogP contribution in [0.15, 0.2) is 0 Å². The van der Waals surface area contributed by atoms with Gasteiger partial charge in [-0.05, 0) is 32.6 Å². The van der Waals surface area contributed by atoms with Gasteiger partial charge in [0.25, 0.3) is 0 Å². The number of fused-ring (bicyclic) bond motifs is 1. The van der Waals surface area contributed by atoms with Crippen molar-refractivity contribution in [3.8, 4) is 6.07 Å². The Morgan fingerprint density at radius 1 is 1.42 bits per heavy atom. The second-order valence-corrected chi connectivity index (χ2v) is 4.58. The fourth-order valence-electron chi connectivity index (χ4n) is 2.60. The van der Waals surface area contributed by atoms with Crippen molar-refractivity contribution >= 4 is 0 Å². The van der Waals surface area contributed by atoms with E-state index in [9.17, 15) is 0 Å². The van der Waals surface area contributed by atoms with Crippen LogP contribution in [0.25, 0.3) is 0 Å². The minimum absolute atomic E-state index is 0.231. The molecule has 2 heteroatoms. The maximum atomic E-state index is 8.96. The molecule has 0 bridgehead atoms. The standard InChI is InChI=1S/C10H16N2/c1-10(2,7-11)12-6-8-4-3-5-9(8)12/h8-9H,3-6H2,1-2H3. The van der Waals surface area contributed by atoms with Crippen molar-refractivity contribution in [3.63, 3.8) is 0 Å². The van der Waals surface area contributed by atoms with Crippen molar-refractivity contribution in [1.82, 2.24) is 4.90 Å². The Bertz CT molecular complexity index is 226. The monoisotopic (exact) mass is 164 g/mol. The molecule has 2 rings (SSSR count). The van der Waals surface area contributed by atoms with E-state index in [2.05, 4.69) is 11.0 Å². The van der Waals surface area contributed by atoms with Gasteiger partial charge in [-0.1, -0.05) is 6.42 Å². The Labute approximate surface area is 74.2 Å². The molecular weight excluding hydrogens is 148 g/mol. The van der Waals surface area contributed by atoms with Gasteiger partial charge in [0.15, 0.2) is 0 Å². The Kier molecular flexibility index (Phi) is 1.66. The Balaban J connectivity index is 2.05. The van der Waals surface area contributed by atoms with E-state index in [0.29, 0.717) is 0 Å². The Morgan fingerprint density at radius 2 is 2.17 bits per heavy atom. The van der Waals surface area contributed by atoms with Gasteiger partial charge in [0.1, 0.15) is 5.54 Å². The predicted molar refractivity (Wildman–Crippen MR) is 47.5 cm³/mol. The fraction of sp³-hybridized carbons (Fsp3) is 0.900. The molecule has 1 aliphatic carbocycles. The fourth-order valence-corrected chi connectivity index (χ4v) is 2.60. The largest absolute Gasteiger partial charge is 0.282 e. The highest BCUT2D eigenvalue weighted by Crippen LogP contribution is 2.42. The molecule has 2 atom stereocenters. The number of hydrogen-bond donors (Lipinski definition) is 0. The predicted octanol–water partition coefficient (Wildman–Crippen LogP) is 1.77. The number of likely N-dealkylation sites (tertiary alicyclic amines) is 1. The number of hydrogen-bond acceptors (Lipinski definition) is 2. The summed E-state index contributed by atoms with van der Waals surface area (Å²) in [6.07, 6.45) is 4.08. The molecule has 1 saturated heterocycles. The molecule has 0 spiro atoms. The van der Waals surface area contributed by atoms with Gasteiger partial charge < -0.3 is 0 Å². The molecule has 12 heavy (non-hydrogen) atoms. The summed E-state index contributed by atoms with van der Waals surface area (Å²) in [4.78, 5) is 2.37. The van der Waals surface area contributed by atoms with Gasteiger partial charge in [0.2, 0.25) is 0 Å². The van der Waals surface area contributed by atoms with Crippen LogP contribution in [-0.2, 0) is 0 Å². The summed E-state index contributed by atoms with van der Waals surface area (Å²) in [7, 11) is 0. The highest BCUT2D eigenvalue weighted by atomic mass is 15.3. The molecule has 0 N–H and O–H groups in total. The summed E-state index contributed by atoms with van der Waals surface area (Å²) >= 11 is 0. The van der Waals surface area contributed by atoms with Gasteiger partial charge in [0.05, 0.1) is 6.07 Å². The molecule has 0 aromatic rings. The third kappa shape index (κ3) is 0.964. The second-order valence-electron chi connectivity index (χ2n) is 4.58. The smallest absolute Gasteiger partial charge is 0.103 e. The Hall–Kier alpha value is -0.550. The molecule has 2 fully saturated rings. The van der Waals surface area contributed by atoms with Gasteiger partial charge in [-0.2, -0.15) is 5.26 Å². The van der Waals surface area contributed by atoms with Crippen molar-refractivity contribution in [1.29, 1.82) is 5.26 Å². The van der Waals surface area contributed by atoms with Crippen LogP contribution in [-0.4, -0.2) is 23.0 Å². The average molecular weight is 164 g/mol. The zero-order chi connectivity index (χ0) is 8.77. The lowest BCUT2D eigenvalue weighted by Gasteiger charge is -2.50. The van der Waals surface area contributed by atoms with E-state index in [0.717, 1.165) is 18.5 Å². The number of nitriles is 1. The van der Waals surface area contributed by atoms with Crippen LogP contribution in [0.2, 0.25) is 0 Å². The lowest BCUT2D eigenvalue weighted by Crippen LogP contribution is -2.61. The maximum Gasteiger partial charge on any atom is 0.103 e. The summed E-state index contributed by atoms with van der Waals surface area (Å²) in [6, 6.07) is 3.12. The van der Waals surface area contributed by atoms with Gasteiger partial charge in [0, 0.05) is 12.6 Å². The summed E-state index contributed by atoms with van der Waals surface area (Å²) in [5.74, 6) is 0.914. The van der Waals surface area contributed by atoms with E-state index in [1.165, 1.54) is 19.3 Å². The van der Waals surface area contributed by atoms with Crippen LogP contribution in [0.1, 0.15) is 33.1 Å². The molecule has 0 amide bonds. The Morgan fingerprint density at radius 3 is 2.75 bits per heavy atom. The normalized spacial score (nSPS) is 35.4. The first kappa shape index (κ1) is 8.07. The van der Waals surface area contributed by atoms with Crippen molar-refractivity contribution in [2.75, 3.05) is 6.54 Å². The zero-order valence-corrected chi connectivity index (χ0v) is 7.88. The first-order valence-corrected chi connectivity index (χ1v) is 4.83. The lowest BCUT2D eigenvalue weighted by molar-refractivity contribution is -0.0199. The van der Waals surface area contributed by atoms with Crippen LogP contribution in [0.5, 0.6) is 0 Å². The van der Waals surface area contributed by atoms with Gasteiger partial charge >= 0.3 is 0 Å². The molecule has 1 heterocycles. The van der Waals surface area contributed by atoms with E-state index >= 15 is 0 Å². The molecule has 2 aliphatic rings. The summed E-state index contributed by atoms with van der Waals surface area (Å²) in [5.41, 5.74) is -0.231. The third-order valence-corrected chi connectivity index (χ3v) is 3.44. The molecule has 2 nitrogen and oxygen atoms in total. The van der Waals surface area contributed by atoms with Crippen molar-refractivity contribution in [2.45, 2.75) is 44.7 Å². The molecular formula is C10H16N2. The molecule has 0 aromatic heterocycles. The second kappa shape index (κ2) is 2.47. The molecule has 1 aliphatic heterocycles. The van der Waals surface area contributed by atoms with Crippen LogP contribution < -0.4 is 0 Å². The molecule has 0 radical (unpaired) electrons. The van der Waals surface area contributed by atoms with Gasteiger partial charge in [-0.25, -0.2) is 0 Å². The molecule has 1 saturated carbocycles. The highest BCUT2D eigenvalue weighted by molar-refractivity contribution is 5.10. The molecule has 66 valence electrons. The first-order valence-electron chi connectivity index (χ1n) is 4.83. The van der Waals surface area contributed by atoms with E-state index in [4.69, 9.17) is 5.26 Å². The molecule has 0 aromatic carbocycles. The quantitative estimate of drug-likeness (QED) is 0.590. The van der Waals surface area contributed by atoms with Crippen molar-refractivity contribution < 1.29 is 0 Å². The van der Waals surface area contributed by atoms with Crippen LogP contribution in [0.3, 0.4) is 0 Å². The van der Waals surface area contributed by atoms with Crippen LogP contribution >= 0.6 is 0 Å².